The van der Waals surface area contributed by atoms with Crippen LogP contribution in [0.3, 0.4) is 0 Å². The van der Waals surface area contributed by atoms with E-state index in [1.54, 1.807) is 28.4 Å². The summed E-state index contributed by atoms with van der Waals surface area (Å²) in [6, 6.07) is 9.74. The van der Waals surface area contributed by atoms with E-state index in [0.717, 1.165) is 23.4 Å². The van der Waals surface area contributed by atoms with Crippen LogP contribution in [0.15, 0.2) is 46.4 Å². The zero-order valence-electron chi connectivity index (χ0n) is 13.1. The number of amides is 1. The molecule has 1 amide bonds. The van der Waals surface area contributed by atoms with Crippen LogP contribution < -0.4 is 4.90 Å². The fourth-order valence-corrected chi connectivity index (χ4v) is 4.24. The number of rotatable bonds is 3. The summed E-state index contributed by atoms with van der Waals surface area (Å²) < 4.78 is 5.25. The van der Waals surface area contributed by atoms with Gasteiger partial charge in [-0.3, -0.25) is 4.79 Å². The third-order valence-electron chi connectivity index (χ3n) is 4.70. The molecule has 0 spiro atoms. The van der Waals surface area contributed by atoms with Crippen molar-refractivity contribution in [3.05, 3.63) is 58.3 Å². The summed E-state index contributed by atoms with van der Waals surface area (Å²) in [4.78, 5) is 19.1. The molecule has 1 aromatic carbocycles. The highest BCUT2D eigenvalue weighted by Crippen LogP contribution is 2.43. The summed E-state index contributed by atoms with van der Waals surface area (Å²) >= 11 is 1.76. The lowest BCUT2D eigenvalue weighted by molar-refractivity contribution is 0.0963. The molecule has 120 valence electrons. The number of hydrogen-bond acceptors (Lipinski definition) is 4. The number of anilines is 1. The van der Waals surface area contributed by atoms with Gasteiger partial charge in [0.1, 0.15) is 0 Å². The number of benzene rings is 1. The maximum Gasteiger partial charge on any atom is 0.293 e. The molecule has 1 fully saturated rings. The summed E-state index contributed by atoms with van der Waals surface area (Å²) in [5.41, 5.74) is 4.39. The SMILES string of the molecule is O=C(c1ccco1)N1CCc2cc(-c3csc(C4CC4)n3)ccc21. The average Bonchev–Trinajstić information content (AvgIpc) is 3.07. The van der Waals surface area contributed by atoms with E-state index in [2.05, 4.69) is 17.5 Å². The lowest BCUT2D eigenvalue weighted by Crippen LogP contribution is -2.28. The molecule has 0 atom stereocenters. The molecule has 24 heavy (non-hydrogen) atoms. The van der Waals surface area contributed by atoms with E-state index < -0.39 is 0 Å². The highest BCUT2D eigenvalue weighted by atomic mass is 32.1. The quantitative estimate of drug-likeness (QED) is 0.708. The monoisotopic (exact) mass is 336 g/mol. The summed E-state index contributed by atoms with van der Waals surface area (Å²) in [6.45, 7) is 0.697. The first-order valence-electron chi connectivity index (χ1n) is 8.24. The van der Waals surface area contributed by atoms with Gasteiger partial charge in [0.15, 0.2) is 5.76 Å². The van der Waals surface area contributed by atoms with Crippen molar-refractivity contribution in [1.82, 2.24) is 4.98 Å². The van der Waals surface area contributed by atoms with E-state index in [-0.39, 0.29) is 5.91 Å². The molecule has 2 aliphatic rings. The molecule has 3 aromatic rings. The molecular weight excluding hydrogens is 320 g/mol. The first kappa shape index (κ1) is 14.0. The highest BCUT2D eigenvalue weighted by Gasteiger charge is 2.29. The Bertz CT molecular complexity index is 909. The molecule has 5 rings (SSSR count). The van der Waals surface area contributed by atoms with Crippen molar-refractivity contribution in [3.63, 3.8) is 0 Å². The van der Waals surface area contributed by atoms with Crippen LogP contribution in [-0.4, -0.2) is 17.4 Å². The summed E-state index contributed by atoms with van der Waals surface area (Å²) in [5, 5.41) is 3.41. The van der Waals surface area contributed by atoms with Crippen LogP contribution in [0.4, 0.5) is 5.69 Å². The number of carbonyl (C=O) groups excluding carboxylic acids is 1. The van der Waals surface area contributed by atoms with Gasteiger partial charge in [0.05, 0.1) is 17.0 Å². The molecule has 0 radical (unpaired) electrons. The largest absolute Gasteiger partial charge is 0.459 e. The summed E-state index contributed by atoms with van der Waals surface area (Å²) in [7, 11) is 0. The molecule has 1 aliphatic carbocycles. The topological polar surface area (TPSA) is 46.3 Å². The van der Waals surface area contributed by atoms with Gasteiger partial charge in [0.25, 0.3) is 5.91 Å². The van der Waals surface area contributed by atoms with Gasteiger partial charge in [-0.25, -0.2) is 4.98 Å². The average molecular weight is 336 g/mol. The molecule has 5 heteroatoms. The maximum atomic E-state index is 12.5. The van der Waals surface area contributed by atoms with E-state index in [1.165, 1.54) is 29.7 Å². The van der Waals surface area contributed by atoms with Crippen molar-refractivity contribution in [1.29, 1.82) is 0 Å². The van der Waals surface area contributed by atoms with Crippen LogP contribution in [-0.2, 0) is 6.42 Å². The fourth-order valence-electron chi connectivity index (χ4n) is 3.24. The zero-order valence-corrected chi connectivity index (χ0v) is 13.9. The van der Waals surface area contributed by atoms with Crippen molar-refractivity contribution in [2.24, 2.45) is 0 Å². The normalized spacial score (nSPS) is 16.4. The van der Waals surface area contributed by atoms with Crippen molar-refractivity contribution >= 4 is 22.9 Å². The third-order valence-corrected chi connectivity index (χ3v) is 5.70. The van der Waals surface area contributed by atoms with Crippen molar-refractivity contribution in [2.75, 3.05) is 11.4 Å². The van der Waals surface area contributed by atoms with Crippen LogP contribution in [0, 0.1) is 0 Å². The minimum Gasteiger partial charge on any atom is -0.459 e. The van der Waals surface area contributed by atoms with Crippen molar-refractivity contribution < 1.29 is 9.21 Å². The lowest BCUT2D eigenvalue weighted by Gasteiger charge is -2.15. The molecule has 0 unspecified atom stereocenters. The second kappa shape index (κ2) is 5.31. The van der Waals surface area contributed by atoms with Crippen LogP contribution in [0.25, 0.3) is 11.3 Å². The molecule has 1 aliphatic heterocycles. The number of thiazole rings is 1. The van der Waals surface area contributed by atoms with Gasteiger partial charge in [0.2, 0.25) is 0 Å². The number of carbonyl (C=O) groups is 1. The van der Waals surface area contributed by atoms with Gasteiger partial charge in [-0.15, -0.1) is 11.3 Å². The minimum atomic E-state index is -0.0730. The molecule has 0 N–H and O–H groups in total. The van der Waals surface area contributed by atoms with Crippen LogP contribution in [0.1, 0.15) is 39.9 Å². The van der Waals surface area contributed by atoms with E-state index in [4.69, 9.17) is 9.40 Å². The summed E-state index contributed by atoms with van der Waals surface area (Å²) in [6.07, 6.45) is 4.96. The standard InChI is InChI=1S/C19H16N2O2S/c22-19(17-2-1-9-23-17)21-8-7-14-10-13(5-6-16(14)21)15-11-24-18(20-15)12-3-4-12/h1-2,5-6,9-12H,3-4,7-8H2. The third kappa shape index (κ3) is 2.27. The van der Waals surface area contributed by atoms with Gasteiger partial charge in [-0.05, 0) is 49.1 Å². The van der Waals surface area contributed by atoms with Gasteiger partial charge >= 0.3 is 0 Å². The Morgan fingerprint density at radius 2 is 2.21 bits per heavy atom. The Kier molecular flexibility index (Phi) is 3.10. The molecule has 4 nitrogen and oxygen atoms in total. The first-order valence-corrected chi connectivity index (χ1v) is 9.11. The molecular formula is C19H16N2O2S. The van der Waals surface area contributed by atoms with E-state index >= 15 is 0 Å². The second-order valence-electron chi connectivity index (χ2n) is 6.37. The van der Waals surface area contributed by atoms with Crippen LogP contribution >= 0.6 is 11.3 Å². The zero-order chi connectivity index (χ0) is 16.1. The predicted molar refractivity (Wildman–Crippen MR) is 93.6 cm³/mol. The Morgan fingerprint density at radius 1 is 1.29 bits per heavy atom. The Morgan fingerprint density at radius 3 is 3.00 bits per heavy atom. The van der Waals surface area contributed by atoms with E-state index in [9.17, 15) is 4.79 Å². The number of nitrogens with zero attached hydrogens (tertiary/aromatic N) is 2. The highest BCUT2D eigenvalue weighted by molar-refractivity contribution is 7.10. The molecule has 0 bridgehead atoms. The van der Waals surface area contributed by atoms with E-state index in [0.29, 0.717) is 18.2 Å². The molecule has 3 heterocycles. The van der Waals surface area contributed by atoms with Gasteiger partial charge in [0, 0.05) is 29.1 Å². The fraction of sp³-hybridized carbons (Fsp3) is 0.263. The Balaban J connectivity index is 1.45. The molecule has 0 saturated heterocycles. The molecule has 1 saturated carbocycles. The number of fused-ring (bicyclic) bond motifs is 1. The predicted octanol–water partition coefficient (Wildman–Crippen LogP) is 4.48. The number of hydrogen-bond donors (Lipinski definition) is 0. The van der Waals surface area contributed by atoms with Gasteiger partial charge in [-0.1, -0.05) is 6.07 Å². The first-order chi connectivity index (χ1) is 11.8. The van der Waals surface area contributed by atoms with Crippen molar-refractivity contribution in [2.45, 2.75) is 25.2 Å². The van der Waals surface area contributed by atoms with Crippen molar-refractivity contribution in [3.8, 4) is 11.3 Å². The smallest absolute Gasteiger partial charge is 0.293 e. The Labute approximate surface area is 143 Å². The van der Waals surface area contributed by atoms with E-state index in [1.807, 2.05) is 6.07 Å². The molecule has 2 aromatic heterocycles. The number of aromatic nitrogens is 1. The Hall–Kier alpha value is -2.40. The lowest BCUT2D eigenvalue weighted by atomic mass is 10.1. The van der Waals surface area contributed by atoms with Gasteiger partial charge in [-0.2, -0.15) is 0 Å². The number of furan rings is 1. The summed E-state index contributed by atoms with van der Waals surface area (Å²) in [5.74, 6) is 1.01. The minimum absolute atomic E-state index is 0.0730. The van der Waals surface area contributed by atoms with Crippen LogP contribution in [0.2, 0.25) is 0 Å². The van der Waals surface area contributed by atoms with Crippen LogP contribution in [0.5, 0.6) is 0 Å². The van der Waals surface area contributed by atoms with Gasteiger partial charge < -0.3 is 9.32 Å². The maximum absolute atomic E-state index is 12.5. The second-order valence-corrected chi connectivity index (χ2v) is 7.26.